The average Bonchev–Trinajstić information content (AvgIpc) is 3.11. The molecule has 4 atom stereocenters. The molecule has 3 aliphatic carbocycles. The molecule has 4 aliphatic rings. The third-order valence-corrected chi connectivity index (χ3v) is 8.47. The second-order valence-corrected chi connectivity index (χ2v) is 11.6. The molecular weight excluding hydrogens is 466 g/mol. The summed E-state index contributed by atoms with van der Waals surface area (Å²) in [5.41, 5.74) is 1.91. The van der Waals surface area contributed by atoms with Crippen molar-refractivity contribution in [2.75, 3.05) is 0 Å². The molecule has 0 spiro atoms. The number of carbonyl (C=O) groups is 4. The zero-order valence-corrected chi connectivity index (χ0v) is 21.4. The van der Waals surface area contributed by atoms with Gasteiger partial charge in [-0.05, 0) is 69.4 Å². The molecule has 0 saturated carbocycles. The first-order valence-electron chi connectivity index (χ1n) is 12.8. The van der Waals surface area contributed by atoms with Crippen molar-refractivity contribution < 1.29 is 24.3 Å². The lowest BCUT2D eigenvalue weighted by Gasteiger charge is -2.42. The van der Waals surface area contributed by atoms with E-state index in [4.69, 9.17) is 0 Å². The fraction of sp³-hybridized carbons (Fsp3) is 0.355. The summed E-state index contributed by atoms with van der Waals surface area (Å²) < 4.78 is 0. The van der Waals surface area contributed by atoms with Gasteiger partial charge in [-0.25, -0.2) is 0 Å². The highest BCUT2D eigenvalue weighted by atomic mass is 16.3. The number of Topliss-reactive ketones (excluding diaryl/α,β-unsaturated/α-hetero) is 1. The number of likely N-dealkylation sites (tertiary alicyclic amines) is 1. The van der Waals surface area contributed by atoms with Crippen LogP contribution in [0.5, 0.6) is 5.75 Å². The van der Waals surface area contributed by atoms with Gasteiger partial charge in [0.15, 0.2) is 11.6 Å². The van der Waals surface area contributed by atoms with Crippen molar-refractivity contribution in [1.82, 2.24) is 4.90 Å². The maximum Gasteiger partial charge on any atom is 0.234 e. The maximum absolute atomic E-state index is 13.8. The van der Waals surface area contributed by atoms with Crippen LogP contribution < -0.4 is 0 Å². The van der Waals surface area contributed by atoms with Gasteiger partial charge in [0.25, 0.3) is 0 Å². The van der Waals surface area contributed by atoms with Gasteiger partial charge in [0, 0.05) is 33.7 Å². The quantitative estimate of drug-likeness (QED) is 0.350. The van der Waals surface area contributed by atoms with Crippen LogP contribution in [0.4, 0.5) is 0 Å². The van der Waals surface area contributed by atoms with Crippen LogP contribution in [0, 0.1) is 17.8 Å². The molecule has 6 nitrogen and oxygen atoms in total. The first kappa shape index (κ1) is 23.6. The molecule has 1 heterocycles. The van der Waals surface area contributed by atoms with E-state index in [1.54, 1.807) is 13.0 Å². The summed E-state index contributed by atoms with van der Waals surface area (Å²) in [7, 11) is 0. The Morgan fingerprint density at radius 3 is 2.41 bits per heavy atom. The first-order valence-corrected chi connectivity index (χ1v) is 12.8. The smallest absolute Gasteiger partial charge is 0.234 e. The number of imide groups is 1. The lowest BCUT2D eigenvalue weighted by molar-refractivity contribution is -0.145. The van der Waals surface area contributed by atoms with Crippen molar-refractivity contribution >= 4 is 34.2 Å². The molecule has 6 rings (SSSR count). The second kappa shape index (κ2) is 7.85. The van der Waals surface area contributed by atoms with Crippen LogP contribution in [0.1, 0.15) is 52.0 Å². The Bertz CT molecular complexity index is 1530. The van der Waals surface area contributed by atoms with E-state index < -0.39 is 29.2 Å². The number of aromatic hydroxyl groups is 1. The van der Waals surface area contributed by atoms with E-state index in [-0.39, 0.29) is 35.6 Å². The highest BCUT2D eigenvalue weighted by molar-refractivity contribution is 6.24. The first-order chi connectivity index (χ1) is 17.5. The van der Waals surface area contributed by atoms with Gasteiger partial charge in [-0.1, -0.05) is 42.0 Å². The van der Waals surface area contributed by atoms with Crippen LogP contribution in [-0.4, -0.2) is 38.9 Å². The fourth-order valence-corrected chi connectivity index (χ4v) is 6.96. The van der Waals surface area contributed by atoms with Gasteiger partial charge in [-0.3, -0.25) is 24.1 Å². The zero-order valence-electron chi connectivity index (χ0n) is 21.4. The van der Waals surface area contributed by atoms with Gasteiger partial charge in [-0.15, -0.1) is 0 Å². The van der Waals surface area contributed by atoms with E-state index in [9.17, 15) is 24.3 Å². The molecule has 1 aliphatic heterocycles. The molecule has 37 heavy (non-hydrogen) atoms. The van der Waals surface area contributed by atoms with Gasteiger partial charge >= 0.3 is 0 Å². The average molecular weight is 496 g/mol. The Kier molecular flexibility index (Phi) is 5.00. The molecule has 0 aromatic heterocycles. The summed E-state index contributed by atoms with van der Waals surface area (Å²) in [5.74, 6) is -2.98. The van der Waals surface area contributed by atoms with Gasteiger partial charge in [0.1, 0.15) is 5.75 Å². The van der Waals surface area contributed by atoms with Crippen LogP contribution in [0.2, 0.25) is 0 Å². The third-order valence-electron chi connectivity index (χ3n) is 8.47. The Labute approximate surface area is 215 Å². The number of fused-ring (bicyclic) bond motifs is 4. The second-order valence-electron chi connectivity index (χ2n) is 11.6. The molecule has 1 N–H and O–H groups in total. The van der Waals surface area contributed by atoms with Crippen molar-refractivity contribution in [2.45, 2.75) is 52.0 Å². The predicted molar refractivity (Wildman–Crippen MR) is 139 cm³/mol. The number of phenols is 1. The third kappa shape index (κ3) is 3.24. The molecule has 6 heteroatoms. The van der Waals surface area contributed by atoms with Crippen LogP contribution in [0.15, 0.2) is 70.8 Å². The minimum absolute atomic E-state index is 0.0379. The number of hydrogen-bond acceptors (Lipinski definition) is 5. The maximum atomic E-state index is 13.8. The predicted octanol–water partition coefficient (Wildman–Crippen LogP) is 4.77. The van der Waals surface area contributed by atoms with Crippen molar-refractivity contribution in [3.05, 3.63) is 76.4 Å². The zero-order chi connectivity index (χ0) is 26.4. The van der Waals surface area contributed by atoms with Crippen LogP contribution >= 0.6 is 0 Å². The Hall–Kier alpha value is -3.80. The van der Waals surface area contributed by atoms with Crippen molar-refractivity contribution in [3.63, 3.8) is 0 Å². The highest BCUT2D eigenvalue weighted by Gasteiger charge is 2.58. The Balaban J connectivity index is 1.60. The highest BCUT2D eigenvalue weighted by Crippen LogP contribution is 2.57. The van der Waals surface area contributed by atoms with E-state index in [2.05, 4.69) is 0 Å². The summed E-state index contributed by atoms with van der Waals surface area (Å²) >= 11 is 0. The summed E-state index contributed by atoms with van der Waals surface area (Å²) in [6.07, 6.45) is 3.99. The minimum atomic E-state index is -0.673. The number of ketones is 2. The number of benzene rings is 2. The largest absolute Gasteiger partial charge is 0.508 e. The molecular formula is C31H29NO5. The molecule has 0 radical (unpaired) electrons. The monoisotopic (exact) mass is 495 g/mol. The molecule has 1 saturated heterocycles. The molecule has 2 aromatic rings. The van der Waals surface area contributed by atoms with Gasteiger partial charge in [0.2, 0.25) is 11.8 Å². The number of allylic oxidation sites excluding steroid dienone is 6. The molecule has 0 unspecified atom stereocenters. The summed E-state index contributed by atoms with van der Waals surface area (Å²) in [5, 5.41) is 12.9. The molecule has 0 bridgehead atoms. The van der Waals surface area contributed by atoms with E-state index in [0.717, 1.165) is 16.3 Å². The van der Waals surface area contributed by atoms with Crippen molar-refractivity contribution in [1.29, 1.82) is 0 Å². The number of carbonyl (C=O) groups excluding carboxylic acids is 4. The van der Waals surface area contributed by atoms with E-state index in [0.29, 0.717) is 28.7 Å². The lowest BCUT2D eigenvalue weighted by Crippen LogP contribution is -2.46. The minimum Gasteiger partial charge on any atom is -0.508 e. The molecule has 188 valence electrons. The van der Waals surface area contributed by atoms with Crippen LogP contribution in [0.25, 0.3) is 10.8 Å². The van der Waals surface area contributed by atoms with Gasteiger partial charge in [-0.2, -0.15) is 0 Å². The SMILES string of the molecule is CC1=CC(=O)C2=C(C[C@@H]3C(=CC[C@@H]4C(=O)N(C(C)(C)C)C(=O)[C@@H]43)[C@@H]2c2c(O)ccc3ccccc23)C1=O. The number of phenolic OH excluding ortho intramolecular Hbond substituents is 1. The summed E-state index contributed by atoms with van der Waals surface area (Å²) in [6.45, 7) is 7.19. The van der Waals surface area contributed by atoms with Crippen molar-refractivity contribution in [2.24, 2.45) is 17.8 Å². The topological polar surface area (TPSA) is 91.8 Å². The Morgan fingerprint density at radius 1 is 0.946 bits per heavy atom. The van der Waals surface area contributed by atoms with Crippen molar-refractivity contribution in [3.8, 4) is 5.75 Å². The normalized spacial score (nSPS) is 27.7. The van der Waals surface area contributed by atoms with Gasteiger partial charge in [0.05, 0.1) is 11.8 Å². The Morgan fingerprint density at radius 2 is 1.68 bits per heavy atom. The standard InChI is InChI=1S/C31H29NO5/c1-15-13-23(34)26-21(28(15)35)14-20-18(10-11-19-24(20)30(37)32(29(19)36)31(2,3)4)27(26)25-17-8-6-5-7-16(17)9-12-22(25)33/h5-10,12-13,19-20,24,27,33H,11,14H2,1-4H3/t19-,20+,24-,27+/m0/s1. The number of nitrogens with zero attached hydrogens (tertiary/aromatic N) is 1. The van der Waals surface area contributed by atoms with E-state index >= 15 is 0 Å². The fourth-order valence-electron chi connectivity index (χ4n) is 6.96. The van der Waals surface area contributed by atoms with Crippen LogP contribution in [-0.2, 0) is 19.2 Å². The molecule has 2 amide bonds. The van der Waals surface area contributed by atoms with Gasteiger partial charge < -0.3 is 5.11 Å². The van der Waals surface area contributed by atoms with E-state index in [1.165, 1.54) is 11.0 Å². The van der Waals surface area contributed by atoms with E-state index in [1.807, 2.05) is 57.2 Å². The summed E-state index contributed by atoms with van der Waals surface area (Å²) in [6, 6.07) is 11.1. The number of rotatable bonds is 1. The number of amides is 2. The molecule has 1 fully saturated rings. The van der Waals surface area contributed by atoms with Crippen LogP contribution in [0.3, 0.4) is 0 Å². The summed E-state index contributed by atoms with van der Waals surface area (Å²) in [4.78, 5) is 55.5. The number of hydrogen-bond donors (Lipinski definition) is 1. The molecule has 2 aromatic carbocycles. The lowest BCUT2D eigenvalue weighted by atomic mass is 9.59.